The Morgan fingerprint density at radius 1 is 1.21 bits per heavy atom. The fraction of sp³-hybridized carbons (Fsp3) is 0.364. The third-order valence-corrected chi connectivity index (χ3v) is 3.82. The van der Waals surface area contributed by atoms with E-state index in [4.69, 9.17) is 16.6 Å². The lowest BCUT2D eigenvalue weighted by molar-refractivity contribution is -0.123. The van der Waals surface area contributed by atoms with Gasteiger partial charge in [-0.25, -0.2) is 13.6 Å². The molecule has 1 aromatic rings. The Kier molecular flexibility index (Phi) is 4.64. The van der Waals surface area contributed by atoms with Crippen LogP contribution in [-0.4, -0.2) is 27.4 Å². The van der Waals surface area contributed by atoms with Crippen LogP contribution < -0.4 is 21.9 Å². The van der Waals surface area contributed by atoms with Crippen molar-refractivity contribution in [3.63, 3.8) is 0 Å². The number of benzene rings is 1. The number of nitrogens with one attached hydrogen (secondary N) is 1. The highest BCUT2D eigenvalue weighted by Crippen LogP contribution is 2.18. The number of hydrogen-bond donors (Lipinski definition) is 4. The van der Waals surface area contributed by atoms with Crippen molar-refractivity contribution < 1.29 is 13.2 Å². The highest BCUT2D eigenvalue weighted by molar-refractivity contribution is 7.89. The van der Waals surface area contributed by atoms with Gasteiger partial charge < -0.3 is 16.8 Å². The molecule has 0 spiro atoms. The molecule has 0 saturated carbocycles. The van der Waals surface area contributed by atoms with Crippen LogP contribution >= 0.6 is 0 Å². The number of sulfonamides is 1. The van der Waals surface area contributed by atoms with Crippen LogP contribution in [0.2, 0.25) is 0 Å². The Hall–Kier alpha value is -1.48. The fourth-order valence-electron chi connectivity index (χ4n) is 1.28. The minimum absolute atomic E-state index is 0.0223. The molecule has 0 aliphatic heterocycles. The lowest BCUT2D eigenvalue weighted by Gasteiger charge is -2.24. The number of rotatable bonds is 5. The number of hydrogen-bond acceptors (Lipinski definition) is 5. The van der Waals surface area contributed by atoms with E-state index in [1.807, 2.05) is 0 Å². The highest BCUT2D eigenvalue weighted by atomic mass is 32.2. The highest BCUT2D eigenvalue weighted by Gasteiger charge is 2.30. The van der Waals surface area contributed by atoms with Gasteiger partial charge in [-0.1, -0.05) is 0 Å². The van der Waals surface area contributed by atoms with Crippen LogP contribution in [0.25, 0.3) is 0 Å². The number of amides is 1. The van der Waals surface area contributed by atoms with E-state index in [0.29, 0.717) is 5.69 Å². The zero-order chi connectivity index (χ0) is 14.7. The number of carbonyl (C=O) groups is 1. The monoisotopic (exact) mass is 286 g/mol. The molecular formula is C11H18N4O3S. The Morgan fingerprint density at radius 3 is 2.05 bits per heavy atom. The van der Waals surface area contributed by atoms with Crippen molar-refractivity contribution in [3.05, 3.63) is 24.3 Å². The number of carbonyl (C=O) groups excluding carboxylic acids is 1. The first-order valence-electron chi connectivity index (χ1n) is 5.57. The van der Waals surface area contributed by atoms with E-state index in [9.17, 15) is 13.2 Å². The zero-order valence-electron chi connectivity index (χ0n) is 10.6. The van der Waals surface area contributed by atoms with Gasteiger partial charge in [0, 0.05) is 18.8 Å². The fourth-order valence-corrected chi connectivity index (χ4v) is 1.79. The second-order valence-corrected chi connectivity index (χ2v) is 6.05. The van der Waals surface area contributed by atoms with Crippen LogP contribution in [0.15, 0.2) is 29.2 Å². The summed E-state index contributed by atoms with van der Waals surface area (Å²) >= 11 is 0. The topological polar surface area (TPSA) is 141 Å². The lowest BCUT2D eigenvalue weighted by Crippen LogP contribution is -2.45. The minimum Gasteiger partial charge on any atom is -0.329 e. The molecule has 0 atom stereocenters. The van der Waals surface area contributed by atoms with Crippen molar-refractivity contribution in [1.29, 1.82) is 0 Å². The summed E-state index contributed by atoms with van der Waals surface area (Å²) in [6.45, 7) is 1.89. The first-order valence-corrected chi connectivity index (χ1v) is 7.12. The summed E-state index contributed by atoms with van der Waals surface area (Å²) in [5.74, 6) is -0.319. The minimum atomic E-state index is -3.74. The molecule has 0 radical (unpaired) electrons. The van der Waals surface area contributed by atoms with Gasteiger partial charge in [0.2, 0.25) is 15.9 Å². The van der Waals surface area contributed by atoms with Gasteiger partial charge in [-0.2, -0.15) is 0 Å². The van der Waals surface area contributed by atoms with Crippen molar-refractivity contribution in [1.82, 2.24) is 0 Å². The second-order valence-electron chi connectivity index (χ2n) is 4.49. The largest absolute Gasteiger partial charge is 0.329 e. The Bertz CT molecular complexity index is 550. The average Bonchev–Trinajstić information content (AvgIpc) is 2.37. The average molecular weight is 286 g/mol. The van der Waals surface area contributed by atoms with Crippen molar-refractivity contribution in [2.75, 3.05) is 18.4 Å². The molecule has 0 aliphatic rings. The van der Waals surface area contributed by atoms with E-state index in [0.717, 1.165) is 0 Å². The van der Waals surface area contributed by atoms with Crippen LogP contribution in [-0.2, 0) is 14.8 Å². The summed E-state index contributed by atoms with van der Waals surface area (Å²) < 4.78 is 22.2. The molecule has 1 amide bonds. The first kappa shape index (κ1) is 15.6. The van der Waals surface area contributed by atoms with Gasteiger partial charge in [0.1, 0.15) is 0 Å². The summed E-state index contributed by atoms with van der Waals surface area (Å²) in [6.07, 6.45) is 0. The first-order chi connectivity index (χ1) is 8.73. The summed E-state index contributed by atoms with van der Waals surface area (Å²) in [5.41, 5.74) is 10.6. The van der Waals surface area contributed by atoms with Gasteiger partial charge in [0.25, 0.3) is 0 Å². The molecule has 0 aliphatic carbocycles. The molecule has 1 aromatic carbocycles. The molecule has 106 valence electrons. The summed E-state index contributed by atoms with van der Waals surface area (Å²) in [7, 11) is -3.74. The van der Waals surface area contributed by atoms with Crippen molar-refractivity contribution in [3.8, 4) is 0 Å². The van der Waals surface area contributed by atoms with E-state index in [-0.39, 0.29) is 23.9 Å². The van der Waals surface area contributed by atoms with Crippen LogP contribution in [0.5, 0.6) is 0 Å². The van der Waals surface area contributed by atoms with Crippen LogP contribution in [0.4, 0.5) is 5.69 Å². The standard InChI is InChI=1S/C11H18N4O3S/c1-11(6-12,7-13)10(16)15-8-2-4-9(5-3-8)19(14,17)18/h2-5H,6-7,12-13H2,1H3,(H,15,16)(H2,14,17,18). The van der Waals surface area contributed by atoms with Gasteiger partial charge in [-0.3, -0.25) is 4.79 Å². The predicted molar refractivity (Wildman–Crippen MR) is 72.7 cm³/mol. The normalized spacial score (nSPS) is 12.2. The quantitative estimate of drug-likeness (QED) is 0.560. The SMILES string of the molecule is CC(CN)(CN)C(=O)Nc1ccc(S(N)(=O)=O)cc1. The molecule has 0 unspecified atom stereocenters. The van der Waals surface area contributed by atoms with E-state index in [1.54, 1.807) is 6.92 Å². The summed E-state index contributed by atoms with van der Waals surface area (Å²) in [6, 6.07) is 5.52. The molecule has 1 rings (SSSR count). The molecule has 0 aromatic heterocycles. The number of anilines is 1. The van der Waals surface area contributed by atoms with Crippen LogP contribution in [0, 0.1) is 5.41 Å². The zero-order valence-corrected chi connectivity index (χ0v) is 11.4. The lowest BCUT2D eigenvalue weighted by atomic mass is 9.90. The van der Waals surface area contributed by atoms with Gasteiger partial charge in [0.05, 0.1) is 10.3 Å². The molecule has 0 bridgehead atoms. The molecular weight excluding hydrogens is 268 g/mol. The summed E-state index contributed by atoms with van der Waals surface area (Å²) in [4.78, 5) is 11.9. The van der Waals surface area contributed by atoms with E-state index in [1.165, 1.54) is 24.3 Å². The van der Waals surface area contributed by atoms with Crippen molar-refractivity contribution in [2.24, 2.45) is 22.0 Å². The van der Waals surface area contributed by atoms with Crippen molar-refractivity contribution >= 4 is 21.6 Å². The molecule has 0 fully saturated rings. The number of primary sulfonamides is 1. The van der Waals surface area contributed by atoms with Gasteiger partial charge >= 0.3 is 0 Å². The Morgan fingerprint density at radius 2 is 1.68 bits per heavy atom. The van der Waals surface area contributed by atoms with Crippen LogP contribution in [0.3, 0.4) is 0 Å². The maximum absolute atomic E-state index is 12.0. The van der Waals surface area contributed by atoms with E-state index in [2.05, 4.69) is 5.32 Å². The summed E-state index contributed by atoms with van der Waals surface area (Å²) in [5, 5.41) is 7.60. The molecule has 7 nitrogen and oxygen atoms in total. The van der Waals surface area contributed by atoms with Gasteiger partial charge in [-0.05, 0) is 31.2 Å². The van der Waals surface area contributed by atoms with E-state index < -0.39 is 15.4 Å². The number of nitrogens with two attached hydrogens (primary N) is 3. The Balaban J connectivity index is 2.88. The Labute approximate surface area is 112 Å². The van der Waals surface area contributed by atoms with Gasteiger partial charge in [-0.15, -0.1) is 0 Å². The molecule has 0 saturated heterocycles. The predicted octanol–water partition coefficient (Wildman–Crippen LogP) is -0.804. The van der Waals surface area contributed by atoms with Crippen molar-refractivity contribution in [2.45, 2.75) is 11.8 Å². The smallest absolute Gasteiger partial charge is 0.238 e. The van der Waals surface area contributed by atoms with E-state index >= 15 is 0 Å². The maximum Gasteiger partial charge on any atom is 0.238 e. The molecule has 19 heavy (non-hydrogen) atoms. The maximum atomic E-state index is 12.0. The molecule has 0 heterocycles. The van der Waals surface area contributed by atoms with Crippen LogP contribution in [0.1, 0.15) is 6.92 Å². The third kappa shape index (κ3) is 3.74. The second kappa shape index (κ2) is 5.66. The molecule has 7 N–H and O–H groups in total. The molecule has 8 heteroatoms. The third-order valence-electron chi connectivity index (χ3n) is 2.89. The van der Waals surface area contributed by atoms with Gasteiger partial charge in [0.15, 0.2) is 0 Å².